The third kappa shape index (κ3) is 4.12. The van der Waals surface area contributed by atoms with Crippen molar-refractivity contribution >= 4 is 40.9 Å². The number of nitrogens with zero attached hydrogens (tertiary/aromatic N) is 2. The number of ether oxygens (including phenoxy) is 1. The lowest BCUT2D eigenvalue weighted by atomic mass is 9.49. The quantitative estimate of drug-likeness (QED) is 0.277. The highest BCUT2D eigenvalue weighted by atomic mass is 35.5. The van der Waals surface area contributed by atoms with Crippen LogP contribution in [0.15, 0.2) is 84.4 Å². The van der Waals surface area contributed by atoms with Crippen LogP contribution in [0.4, 0.5) is 5.69 Å². The third-order valence-electron chi connectivity index (χ3n) is 10.4. The summed E-state index contributed by atoms with van der Waals surface area (Å²) >= 11 is 6.36. The Hall–Kier alpha value is -4.43. The lowest BCUT2D eigenvalue weighted by Gasteiger charge is -2.50. The fourth-order valence-corrected chi connectivity index (χ4v) is 8.82. The second-order valence-corrected chi connectivity index (χ2v) is 14.1. The zero-order valence-electron chi connectivity index (χ0n) is 26.1. The zero-order valence-corrected chi connectivity index (χ0v) is 26.8. The molecule has 0 radical (unpaired) electrons. The maximum atomic E-state index is 15.2. The standard InChI is InChI=1S/C37H35ClN2O6/c1-36(2,3)40-32(42)25-15-14-24-26(30(25)34(40)44)19-28-33(43)39(22-12-8-11-21(38)17-22)35(45)37(28,20-9-6-5-7-10-20)31(24)27-18-23(46-4)13-16-29(27)41/h5-14,16-18,25-26,28,30-31,41H,15,19H2,1-4H3/t25-,26+,28-,30-,31+,37+/m0/s1. The average Bonchev–Trinajstić information content (AvgIpc) is 3.42. The molecule has 2 aliphatic carbocycles. The number of likely N-dealkylation sites (tertiary alicyclic amines) is 1. The molecule has 1 N–H and O–H groups in total. The predicted octanol–water partition coefficient (Wildman–Crippen LogP) is 6.02. The van der Waals surface area contributed by atoms with Gasteiger partial charge in [-0.2, -0.15) is 0 Å². The van der Waals surface area contributed by atoms with E-state index in [4.69, 9.17) is 16.3 Å². The van der Waals surface area contributed by atoms with Crippen molar-refractivity contribution in [3.8, 4) is 11.5 Å². The molecule has 1 saturated carbocycles. The van der Waals surface area contributed by atoms with E-state index in [-0.39, 0.29) is 24.0 Å². The van der Waals surface area contributed by atoms with Crippen molar-refractivity contribution < 1.29 is 29.0 Å². The molecule has 0 aromatic heterocycles. The number of carbonyl (C=O) groups excluding carboxylic acids is 4. The zero-order chi connectivity index (χ0) is 32.7. The molecule has 46 heavy (non-hydrogen) atoms. The largest absolute Gasteiger partial charge is 0.508 e. The van der Waals surface area contributed by atoms with Gasteiger partial charge in [0.25, 0.3) is 0 Å². The summed E-state index contributed by atoms with van der Waals surface area (Å²) < 4.78 is 5.58. The summed E-state index contributed by atoms with van der Waals surface area (Å²) in [6.45, 7) is 5.53. The van der Waals surface area contributed by atoms with Crippen molar-refractivity contribution in [2.24, 2.45) is 23.7 Å². The molecule has 0 bridgehead atoms. The number of hydrogen-bond acceptors (Lipinski definition) is 6. The van der Waals surface area contributed by atoms with Crippen molar-refractivity contribution in [2.75, 3.05) is 12.0 Å². The molecule has 236 valence electrons. The van der Waals surface area contributed by atoms with E-state index in [0.29, 0.717) is 34.0 Å². The Morgan fingerprint density at radius 3 is 2.30 bits per heavy atom. The van der Waals surface area contributed by atoms with Gasteiger partial charge >= 0.3 is 0 Å². The normalized spacial score (nSPS) is 29.0. The predicted molar refractivity (Wildman–Crippen MR) is 172 cm³/mol. The minimum atomic E-state index is -1.48. The topological polar surface area (TPSA) is 104 Å². The van der Waals surface area contributed by atoms with Crippen molar-refractivity contribution in [1.82, 2.24) is 4.90 Å². The van der Waals surface area contributed by atoms with Gasteiger partial charge in [-0.05, 0) is 81.5 Å². The van der Waals surface area contributed by atoms with Crippen LogP contribution in [0.1, 0.15) is 50.7 Å². The lowest BCUT2D eigenvalue weighted by Crippen LogP contribution is -2.53. The van der Waals surface area contributed by atoms with Crippen molar-refractivity contribution in [3.63, 3.8) is 0 Å². The number of imide groups is 2. The Bertz CT molecular complexity index is 1830. The molecular weight excluding hydrogens is 604 g/mol. The lowest BCUT2D eigenvalue weighted by molar-refractivity contribution is -0.145. The van der Waals surface area contributed by atoms with E-state index >= 15 is 4.79 Å². The number of rotatable bonds is 4. The molecule has 0 unspecified atom stereocenters. The summed E-state index contributed by atoms with van der Waals surface area (Å²) in [6.07, 6.45) is 2.47. The molecule has 2 saturated heterocycles. The number of fused-ring (bicyclic) bond motifs is 4. The molecule has 7 rings (SSSR count). The van der Waals surface area contributed by atoms with E-state index in [1.165, 1.54) is 23.0 Å². The number of phenols is 1. The van der Waals surface area contributed by atoms with Crippen molar-refractivity contribution in [2.45, 2.75) is 50.5 Å². The van der Waals surface area contributed by atoms with Crippen LogP contribution in [-0.4, -0.2) is 46.3 Å². The summed E-state index contributed by atoms with van der Waals surface area (Å²) in [4.78, 5) is 60.5. The Kier molecular flexibility index (Phi) is 6.94. The minimum Gasteiger partial charge on any atom is -0.508 e. The Morgan fingerprint density at radius 1 is 0.891 bits per heavy atom. The molecule has 4 aliphatic rings. The first-order valence-electron chi connectivity index (χ1n) is 15.6. The summed E-state index contributed by atoms with van der Waals surface area (Å²) in [5.41, 5.74) is -0.0312. The van der Waals surface area contributed by atoms with Gasteiger partial charge in [0.2, 0.25) is 23.6 Å². The highest BCUT2D eigenvalue weighted by Gasteiger charge is 2.70. The number of benzene rings is 3. The first-order valence-corrected chi connectivity index (χ1v) is 15.9. The number of aromatic hydroxyl groups is 1. The van der Waals surface area contributed by atoms with Gasteiger partial charge in [0.15, 0.2) is 0 Å². The molecule has 6 atom stereocenters. The molecule has 8 nitrogen and oxygen atoms in total. The number of allylic oxidation sites excluding steroid dienone is 2. The summed E-state index contributed by atoms with van der Waals surface area (Å²) in [6, 6.07) is 20.7. The maximum Gasteiger partial charge on any atom is 0.246 e. The van der Waals surface area contributed by atoms with Crippen LogP contribution in [0.3, 0.4) is 0 Å². The van der Waals surface area contributed by atoms with Gasteiger partial charge in [-0.15, -0.1) is 0 Å². The molecule has 3 aromatic carbocycles. The molecule has 9 heteroatoms. The second-order valence-electron chi connectivity index (χ2n) is 13.7. The van der Waals surface area contributed by atoms with Crippen LogP contribution in [0, 0.1) is 23.7 Å². The number of carbonyl (C=O) groups is 4. The number of amides is 4. The molecule has 4 amide bonds. The van der Waals surface area contributed by atoms with Crippen molar-refractivity contribution in [3.05, 3.63) is 101 Å². The Labute approximate surface area is 272 Å². The van der Waals surface area contributed by atoms with E-state index in [1.807, 2.05) is 57.2 Å². The van der Waals surface area contributed by atoms with Crippen LogP contribution < -0.4 is 9.64 Å². The first-order chi connectivity index (χ1) is 21.9. The van der Waals surface area contributed by atoms with Crippen LogP contribution in [0.5, 0.6) is 11.5 Å². The minimum absolute atomic E-state index is 0.0601. The Morgan fingerprint density at radius 2 is 1.63 bits per heavy atom. The van der Waals surface area contributed by atoms with Gasteiger partial charge in [-0.1, -0.05) is 59.6 Å². The van der Waals surface area contributed by atoms with E-state index < -0.39 is 52.4 Å². The molecule has 2 aliphatic heterocycles. The summed E-state index contributed by atoms with van der Waals surface area (Å²) in [5.74, 6) is -4.45. The fraction of sp³-hybridized carbons (Fsp3) is 0.351. The highest BCUT2D eigenvalue weighted by Crippen LogP contribution is 2.65. The maximum absolute atomic E-state index is 15.2. The smallest absolute Gasteiger partial charge is 0.246 e. The van der Waals surface area contributed by atoms with E-state index in [0.717, 1.165) is 5.57 Å². The third-order valence-corrected chi connectivity index (χ3v) is 10.6. The number of hydrogen-bond donors (Lipinski definition) is 1. The highest BCUT2D eigenvalue weighted by molar-refractivity contribution is 6.32. The number of anilines is 1. The monoisotopic (exact) mass is 638 g/mol. The molecule has 2 heterocycles. The van der Waals surface area contributed by atoms with Crippen LogP contribution in [-0.2, 0) is 24.6 Å². The van der Waals surface area contributed by atoms with Gasteiger partial charge in [-0.25, -0.2) is 4.90 Å². The Balaban J connectivity index is 1.52. The average molecular weight is 639 g/mol. The van der Waals surface area contributed by atoms with Gasteiger partial charge < -0.3 is 9.84 Å². The van der Waals surface area contributed by atoms with E-state index in [2.05, 4.69) is 0 Å². The van der Waals surface area contributed by atoms with Gasteiger partial charge in [-0.3, -0.25) is 24.1 Å². The number of phenolic OH excluding ortho intramolecular Hbond substituents is 1. The summed E-state index contributed by atoms with van der Waals surface area (Å²) in [7, 11) is 1.52. The van der Waals surface area contributed by atoms with Gasteiger partial charge in [0.05, 0.1) is 36.0 Å². The van der Waals surface area contributed by atoms with Crippen LogP contribution >= 0.6 is 11.6 Å². The number of halogens is 1. The van der Waals surface area contributed by atoms with Crippen LogP contribution in [0.2, 0.25) is 5.02 Å². The van der Waals surface area contributed by atoms with E-state index in [9.17, 15) is 19.5 Å². The van der Waals surface area contributed by atoms with Crippen LogP contribution in [0.25, 0.3) is 0 Å². The molecule has 3 fully saturated rings. The molecule has 3 aromatic rings. The van der Waals surface area contributed by atoms with Gasteiger partial charge in [0.1, 0.15) is 11.5 Å². The van der Waals surface area contributed by atoms with E-state index in [1.54, 1.807) is 36.4 Å². The number of methoxy groups -OCH3 is 1. The fourth-order valence-electron chi connectivity index (χ4n) is 8.64. The molecular formula is C37H35ClN2O6. The van der Waals surface area contributed by atoms with Gasteiger partial charge in [0, 0.05) is 22.0 Å². The SMILES string of the molecule is COc1ccc(O)c([C@H]2C3=CC[C@@H]4C(=O)N(C(C)(C)C)C(=O)[C@@H]4[C@@H]3C[C@H]3C(=O)N(c4cccc(Cl)c4)C(=O)[C@@]23c2ccccc2)c1. The molecule has 0 spiro atoms. The summed E-state index contributed by atoms with van der Waals surface area (Å²) in [5, 5.41) is 11.9. The first kappa shape index (κ1) is 30.2. The second kappa shape index (κ2) is 10.6. The van der Waals surface area contributed by atoms with Crippen molar-refractivity contribution in [1.29, 1.82) is 0 Å².